The zero-order valence-electron chi connectivity index (χ0n) is 13.4. The molecule has 1 aliphatic rings. The molecular formula is C18H17ClFNO3. The lowest BCUT2D eigenvalue weighted by Gasteiger charge is -2.29. The van der Waals surface area contributed by atoms with Crippen molar-refractivity contribution in [2.24, 2.45) is 0 Å². The van der Waals surface area contributed by atoms with Gasteiger partial charge in [-0.1, -0.05) is 11.6 Å². The van der Waals surface area contributed by atoms with Crippen LogP contribution >= 0.6 is 11.6 Å². The third-order valence-electron chi connectivity index (χ3n) is 4.16. The molecule has 0 spiro atoms. The topological polar surface area (TPSA) is 38.8 Å². The molecule has 0 aromatic heterocycles. The second-order valence-corrected chi connectivity index (χ2v) is 6.01. The van der Waals surface area contributed by atoms with Gasteiger partial charge in [-0.2, -0.15) is 0 Å². The van der Waals surface area contributed by atoms with Crippen LogP contribution in [0.25, 0.3) is 0 Å². The summed E-state index contributed by atoms with van der Waals surface area (Å²) in [5.74, 6) is 0.342. The quantitative estimate of drug-likeness (QED) is 0.848. The number of carbonyl (C=O) groups excluding carboxylic acids is 1. The fraction of sp³-hybridized carbons (Fsp3) is 0.278. The normalized spacial score (nSPS) is 13.4. The molecule has 0 aliphatic carbocycles. The van der Waals surface area contributed by atoms with E-state index in [1.807, 2.05) is 12.1 Å². The minimum atomic E-state index is -0.567. The predicted octanol–water partition coefficient (Wildman–Crippen LogP) is 3.69. The molecule has 0 N–H and O–H groups in total. The van der Waals surface area contributed by atoms with Crippen LogP contribution in [-0.4, -0.2) is 31.6 Å². The van der Waals surface area contributed by atoms with Crippen molar-refractivity contribution in [1.29, 1.82) is 0 Å². The van der Waals surface area contributed by atoms with Crippen molar-refractivity contribution in [1.82, 2.24) is 4.90 Å². The summed E-state index contributed by atoms with van der Waals surface area (Å²) in [6.45, 7) is 0.897. The first-order valence-electron chi connectivity index (χ1n) is 7.51. The number of hydrogen-bond acceptors (Lipinski definition) is 3. The van der Waals surface area contributed by atoms with E-state index in [4.69, 9.17) is 21.1 Å². The largest absolute Gasteiger partial charge is 0.493 e. The standard InChI is InChI=1S/C18H17ClFNO3/c1-23-16-7-11-5-6-21(10-12(11)8-17(16)24-2)18(22)14-9-13(19)3-4-15(14)20/h3-4,7-9H,5-6,10H2,1-2H3. The Morgan fingerprint density at radius 1 is 1.12 bits per heavy atom. The summed E-state index contributed by atoms with van der Waals surface area (Å²) in [5.41, 5.74) is 2.06. The molecule has 126 valence electrons. The Hall–Kier alpha value is -2.27. The highest BCUT2D eigenvalue weighted by atomic mass is 35.5. The van der Waals surface area contributed by atoms with Gasteiger partial charge in [0.2, 0.25) is 0 Å². The molecule has 3 rings (SSSR count). The van der Waals surface area contributed by atoms with Gasteiger partial charge < -0.3 is 14.4 Å². The molecule has 1 heterocycles. The predicted molar refractivity (Wildman–Crippen MR) is 89.4 cm³/mol. The van der Waals surface area contributed by atoms with E-state index < -0.39 is 5.82 Å². The third kappa shape index (κ3) is 3.04. The highest BCUT2D eigenvalue weighted by Gasteiger charge is 2.25. The molecule has 0 saturated carbocycles. The smallest absolute Gasteiger partial charge is 0.257 e. The lowest BCUT2D eigenvalue weighted by Crippen LogP contribution is -2.36. The van der Waals surface area contributed by atoms with Crippen molar-refractivity contribution in [2.45, 2.75) is 13.0 Å². The molecule has 4 nitrogen and oxygen atoms in total. The van der Waals surface area contributed by atoms with E-state index in [1.54, 1.807) is 19.1 Å². The molecule has 2 aromatic rings. The van der Waals surface area contributed by atoms with Gasteiger partial charge in [0, 0.05) is 18.1 Å². The maximum absolute atomic E-state index is 13.9. The molecule has 0 fully saturated rings. The van der Waals surface area contributed by atoms with E-state index in [-0.39, 0.29) is 11.5 Å². The first kappa shape index (κ1) is 16.6. The maximum atomic E-state index is 13.9. The van der Waals surface area contributed by atoms with Crippen molar-refractivity contribution in [3.8, 4) is 11.5 Å². The molecule has 0 atom stereocenters. The number of amides is 1. The van der Waals surface area contributed by atoms with Gasteiger partial charge in [0.05, 0.1) is 19.8 Å². The molecule has 1 aliphatic heterocycles. The van der Waals surface area contributed by atoms with Crippen LogP contribution in [0.2, 0.25) is 5.02 Å². The Morgan fingerprint density at radius 2 is 1.79 bits per heavy atom. The van der Waals surface area contributed by atoms with E-state index in [0.29, 0.717) is 36.0 Å². The maximum Gasteiger partial charge on any atom is 0.257 e. The molecule has 0 unspecified atom stereocenters. The van der Waals surface area contributed by atoms with E-state index >= 15 is 0 Å². The molecular weight excluding hydrogens is 333 g/mol. The van der Waals surface area contributed by atoms with Crippen molar-refractivity contribution in [3.05, 3.63) is 57.9 Å². The van der Waals surface area contributed by atoms with Crippen LogP contribution in [-0.2, 0) is 13.0 Å². The zero-order valence-corrected chi connectivity index (χ0v) is 14.2. The monoisotopic (exact) mass is 349 g/mol. The van der Waals surface area contributed by atoms with Crippen LogP contribution in [0, 0.1) is 5.82 Å². The van der Waals surface area contributed by atoms with Gasteiger partial charge in [-0.3, -0.25) is 4.79 Å². The summed E-state index contributed by atoms with van der Waals surface area (Å²) in [4.78, 5) is 14.2. The summed E-state index contributed by atoms with van der Waals surface area (Å²) in [5, 5.41) is 0.337. The summed E-state index contributed by atoms with van der Waals surface area (Å²) in [7, 11) is 3.15. The molecule has 2 aromatic carbocycles. The Morgan fingerprint density at radius 3 is 2.46 bits per heavy atom. The van der Waals surface area contributed by atoms with Gasteiger partial charge in [0.25, 0.3) is 5.91 Å². The van der Waals surface area contributed by atoms with Crippen molar-refractivity contribution >= 4 is 17.5 Å². The Bertz CT molecular complexity index is 794. The SMILES string of the molecule is COc1cc2c(cc1OC)CN(C(=O)c1cc(Cl)ccc1F)CC2. The summed E-state index contributed by atoms with van der Waals surface area (Å²) < 4.78 is 24.6. The Balaban J connectivity index is 1.89. The van der Waals surface area contributed by atoms with Crippen LogP contribution in [0.1, 0.15) is 21.5 Å². The second kappa shape index (κ2) is 6.69. The van der Waals surface area contributed by atoms with Crippen molar-refractivity contribution < 1.29 is 18.7 Å². The van der Waals surface area contributed by atoms with Gasteiger partial charge in [0.15, 0.2) is 11.5 Å². The molecule has 24 heavy (non-hydrogen) atoms. The summed E-state index contributed by atoms with van der Waals surface area (Å²) >= 11 is 5.89. The third-order valence-corrected chi connectivity index (χ3v) is 4.40. The van der Waals surface area contributed by atoms with E-state index in [2.05, 4.69) is 0 Å². The average Bonchev–Trinajstić information content (AvgIpc) is 2.61. The Kier molecular flexibility index (Phi) is 4.62. The number of methoxy groups -OCH3 is 2. The van der Waals surface area contributed by atoms with Crippen molar-refractivity contribution in [2.75, 3.05) is 20.8 Å². The van der Waals surface area contributed by atoms with Crippen LogP contribution in [0.3, 0.4) is 0 Å². The summed E-state index contributed by atoms with van der Waals surface area (Å²) in [6.07, 6.45) is 0.670. The van der Waals surface area contributed by atoms with Gasteiger partial charge in [0.1, 0.15) is 5.82 Å². The second-order valence-electron chi connectivity index (χ2n) is 5.58. The van der Waals surface area contributed by atoms with E-state index in [0.717, 1.165) is 11.1 Å². The number of benzene rings is 2. The summed E-state index contributed by atoms with van der Waals surface area (Å²) in [6, 6.07) is 7.79. The molecule has 0 radical (unpaired) electrons. The van der Waals surface area contributed by atoms with Crippen LogP contribution < -0.4 is 9.47 Å². The fourth-order valence-corrected chi connectivity index (χ4v) is 3.06. The van der Waals surface area contributed by atoms with Gasteiger partial charge in [-0.25, -0.2) is 4.39 Å². The van der Waals surface area contributed by atoms with E-state index in [9.17, 15) is 9.18 Å². The number of carbonyl (C=O) groups is 1. The lowest BCUT2D eigenvalue weighted by atomic mass is 9.98. The van der Waals surface area contributed by atoms with Crippen LogP contribution in [0.5, 0.6) is 11.5 Å². The van der Waals surface area contributed by atoms with Gasteiger partial charge >= 0.3 is 0 Å². The highest BCUT2D eigenvalue weighted by molar-refractivity contribution is 6.31. The Labute approximate surface area is 144 Å². The van der Waals surface area contributed by atoms with Gasteiger partial charge in [-0.05, 0) is 47.9 Å². The molecule has 0 bridgehead atoms. The lowest BCUT2D eigenvalue weighted by molar-refractivity contribution is 0.0729. The first-order chi connectivity index (χ1) is 11.5. The van der Waals surface area contributed by atoms with Crippen LogP contribution in [0.15, 0.2) is 30.3 Å². The number of nitrogens with zero attached hydrogens (tertiary/aromatic N) is 1. The number of rotatable bonds is 3. The number of halogens is 2. The number of ether oxygens (including phenoxy) is 2. The fourth-order valence-electron chi connectivity index (χ4n) is 2.89. The minimum absolute atomic E-state index is 0.00794. The molecule has 1 amide bonds. The van der Waals surface area contributed by atoms with E-state index in [1.165, 1.54) is 18.2 Å². The average molecular weight is 350 g/mol. The highest BCUT2D eigenvalue weighted by Crippen LogP contribution is 2.33. The molecule has 0 saturated heterocycles. The zero-order chi connectivity index (χ0) is 17.3. The first-order valence-corrected chi connectivity index (χ1v) is 7.89. The minimum Gasteiger partial charge on any atom is -0.493 e. The van der Waals surface area contributed by atoms with Crippen LogP contribution in [0.4, 0.5) is 4.39 Å². The van der Waals surface area contributed by atoms with Gasteiger partial charge in [-0.15, -0.1) is 0 Å². The number of fused-ring (bicyclic) bond motifs is 1. The van der Waals surface area contributed by atoms with Crippen molar-refractivity contribution in [3.63, 3.8) is 0 Å². The molecule has 6 heteroatoms. The number of hydrogen-bond donors (Lipinski definition) is 0.